The Bertz CT molecular complexity index is 146. The van der Waals surface area contributed by atoms with E-state index in [0.717, 1.165) is 0 Å². The lowest BCUT2D eigenvalue weighted by Gasteiger charge is -2.25. The van der Waals surface area contributed by atoms with E-state index >= 15 is 0 Å². The number of rotatable bonds is 3. The Morgan fingerprint density at radius 1 is 0.750 bits per heavy atom. The van der Waals surface area contributed by atoms with Crippen LogP contribution in [0.2, 0.25) is 0 Å². The summed E-state index contributed by atoms with van der Waals surface area (Å²) >= 11 is 46.1. The molecule has 0 spiro atoms. The van der Waals surface area contributed by atoms with Crippen LogP contribution in [0.5, 0.6) is 0 Å². The van der Waals surface area contributed by atoms with E-state index in [1.807, 2.05) is 0 Å². The largest absolute Gasteiger partial charge is 0.356 e. The van der Waals surface area contributed by atoms with E-state index in [4.69, 9.17) is 88.6 Å². The summed E-state index contributed by atoms with van der Waals surface area (Å²) in [6.45, 7) is -2.06. The zero-order valence-electron chi connectivity index (χ0n) is 5.18. The van der Waals surface area contributed by atoms with Gasteiger partial charge >= 0.3 is 5.52 Å². The maximum Gasteiger partial charge on any atom is 0.356 e. The normalized spacial score (nSPS) is 16.8. The minimum absolute atomic E-state index is 2.06. The summed E-state index contributed by atoms with van der Waals surface area (Å²) in [5.41, 5.74) is -6.12. The molecule has 12 heavy (non-hydrogen) atoms. The molecule has 0 aliphatic rings. The van der Waals surface area contributed by atoms with Gasteiger partial charge in [0.15, 0.2) is 7.14 Å². The summed E-state index contributed by atoms with van der Waals surface area (Å²) in [6, 6.07) is 0. The first-order chi connectivity index (χ1) is 5.10. The standard InChI is InChI=1S/Cl8H2Si4/c1-9(2)10(3)12(7,8)11(4,5)6/h9-10H. The average molecular weight is 398 g/mol. The highest BCUT2D eigenvalue weighted by molar-refractivity contribution is 8.20. The third kappa shape index (κ3) is 3.98. The van der Waals surface area contributed by atoms with Gasteiger partial charge in [0.2, 0.25) is 6.93 Å². The van der Waals surface area contributed by atoms with Crippen LogP contribution < -0.4 is 0 Å². The number of hydrogen-bond acceptors (Lipinski definition) is 0. The third-order valence-corrected chi connectivity index (χ3v) is 76.6. The van der Waals surface area contributed by atoms with Gasteiger partial charge in [-0.1, -0.05) is 0 Å². The van der Waals surface area contributed by atoms with Crippen LogP contribution in [0.15, 0.2) is 0 Å². The minimum Gasteiger partial charge on any atom is -0.173 e. The van der Waals surface area contributed by atoms with Gasteiger partial charge in [-0.25, -0.2) is 0 Å². The van der Waals surface area contributed by atoms with Crippen LogP contribution in [-0.4, -0.2) is 25.3 Å². The molecule has 0 radical (unpaired) electrons. The Balaban J connectivity index is 4.61. The van der Waals surface area contributed by atoms with E-state index in [1.165, 1.54) is 0 Å². The number of hydrogen-bond donors (Lipinski definition) is 0. The molecule has 0 aromatic heterocycles. The summed E-state index contributed by atoms with van der Waals surface area (Å²) in [7, 11) is -2.13. The zero-order valence-corrected chi connectivity index (χ0v) is 15.5. The molecule has 0 rings (SSSR count). The molecule has 0 heterocycles. The van der Waals surface area contributed by atoms with Crippen molar-refractivity contribution >= 4 is 114 Å². The molecule has 0 aromatic rings. The van der Waals surface area contributed by atoms with Gasteiger partial charge in [-0.05, 0) is 0 Å². The van der Waals surface area contributed by atoms with E-state index in [0.29, 0.717) is 0 Å². The van der Waals surface area contributed by atoms with Crippen LogP contribution in [0.4, 0.5) is 0 Å². The molecule has 1 unspecified atom stereocenters. The van der Waals surface area contributed by atoms with Gasteiger partial charge in [0.05, 0.1) is 0 Å². The van der Waals surface area contributed by atoms with E-state index < -0.39 is 25.3 Å². The molecule has 0 aromatic carbocycles. The summed E-state index contributed by atoms with van der Waals surface area (Å²) < 4.78 is 0. The molecule has 0 nitrogen and oxygen atoms in total. The first kappa shape index (κ1) is 15.2. The van der Waals surface area contributed by atoms with Gasteiger partial charge < -0.3 is 0 Å². The van der Waals surface area contributed by atoms with Crippen molar-refractivity contribution in [2.24, 2.45) is 0 Å². The molecular formula is H2Cl8Si4. The summed E-state index contributed by atoms with van der Waals surface area (Å²) in [4.78, 5) is 0. The monoisotopic (exact) mass is 394 g/mol. The third-order valence-electron chi connectivity index (χ3n) is 0.946. The highest BCUT2D eigenvalue weighted by Crippen LogP contribution is 2.41. The molecule has 0 saturated carbocycles. The number of halogens is 8. The van der Waals surface area contributed by atoms with Gasteiger partial charge in [0.1, 0.15) is 0 Å². The molecular weight excluding hydrogens is 396 g/mol. The minimum atomic E-state index is -3.13. The van der Waals surface area contributed by atoms with E-state index in [1.54, 1.807) is 0 Å². The van der Waals surface area contributed by atoms with E-state index in [2.05, 4.69) is 0 Å². The van der Waals surface area contributed by atoms with Crippen molar-refractivity contribution in [2.75, 3.05) is 0 Å². The molecule has 0 amide bonds. The molecule has 0 aliphatic carbocycles. The first-order valence-corrected chi connectivity index (χ1v) is 22.2. The van der Waals surface area contributed by atoms with Crippen molar-refractivity contribution in [3.05, 3.63) is 0 Å². The topological polar surface area (TPSA) is 0 Å². The van der Waals surface area contributed by atoms with Crippen LogP contribution in [0.1, 0.15) is 0 Å². The highest BCUT2D eigenvalue weighted by Gasteiger charge is 2.60. The Labute approximate surface area is 113 Å². The molecule has 0 aliphatic heterocycles. The maximum atomic E-state index is 5.92. The van der Waals surface area contributed by atoms with Crippen molar-refractivity contribution in [1.82, 2.24) is 0 Å². The quantitative estimate of drug-likeness (QED) is 0.505. The van der Waals surface area contributed by atoms with Crippen LogP contribution >= 0.6 is 88.6 Å². The van der Waals surface area contributed by atoms with Crippen LogP contribution in [-0.2, 0) is 0 Å². The lowest BCUT2D eigenvalue weighted by molar-refractivity contribution is 3.37. The fourth-order valence-corrected chi connectivity index (χ4v) is 76.4. The van der Waals surface area contributed by atoms with Gasteiger partial charge in [-0.2, -0.15) is 33.2 Å². The maximum absolute atomic E-state index is 5.92. The average Bonchev–Trinajstić information content (AvgIpc) is 1.83. The molecule has 0 bridgehead atoms. The zero-order chi connectivity index (χ0) is 10.2. The van der Waals surface area contributed by atoms with Crippen LogP contribution in [0.3, 0.4) is 0 Å². The molecule has 0 N–H and O–H groups in total. The fourth-order valence-electron chi connectivity index (χ4n) is 0.315. The van der Waals surface area contributed by atoms with Gasteiger partial charge in [-0.3, -0.25) is 0 Å². The van der Waals surface area contributed by atoms with Crippen LogP contribution in [0, 0.1) is 0 Å². The van der Waals surface area contributed by atoms with Crippen molar-refractivity contribution in [2.45, 2.75) is 0 Å². The molecule has 0 fully saturated rings. The molecule has 74 valence electrons. The highest BCUT2D eigenvalue weighted by atomic mass is 35.9. The van der Waals surface area contributed by atoms with Crippen molar-refractivity contribution in [1.29, 1.82) is 0 Å². The van der Waals surface area contributed by atoms with Gasteiger partial charge in [-0.15, -0.1) is 55.4 Å². The lowest BCUT2D eigenvalue weighted by atomic mass is 26.3. The van der Waals surface area contributed by atoms with Gasteiger partial charge in [0, 0.05) is 0 Å². The van der Waals surface area contributed by atoms with Crippen LogP contribution in [0.25, 0.3) is 0 Å². The summed E-state index contributed by atoms with van der Waals surface area (Å²) in [6.07, 6.45) is 0. The fraction of sp³-hybridized carbons (Fsp3) is 0. The Hall–Kier alpha value is 3.19. The Morgan fingerprint density at radius 2 is 1.08 bits per heavy atom. The molecule has 12 heteroatoms. The van der Waals surface area contributed by atoms with Crippen molar-refractivity contribution in [3.8, 4) is 0 Å². The second-order valence-corrected chi connectivity index (χ2v) is 50.1. The van der Waals surface area contributed by atoms with Crippen molar-refractivity contribution < 1.29 is 0 Å². The van der Waals surface area contributed by atoms with Gasteiger partial charge in [0.25, 0.3) is 5.73 Å². The molecule has 1 atom stereocenters. The lowest BCUT2D eigenvalue weighted by Crippen LogP contribution is -2.57. The smallest absolute Gasteiger partial charge is 0.173 e. The summed E-state index contributed by atoms with van der Waals surface area (Å²) in [5, 5.41) is 0. The second-order valence-electron chi connectivity index (χ2n) is 1.86. The molecule has 0 saturated heterocycles. The Morgan fingerprint density at radius 3 is 1.17 bits per heavy atom. The Kier molecular flexibility index (Phi) is 6.96. The first-order valence-electron chi connectivity index (χ1n) is 2.47. The SMILES string of the molecule is Cl[SiH](Cl)[SiH](Cl)[Si](Cl)(Cl)[Si](Cl)(Cl)Cl. The van der Waals surface area contributed by atoms with E-state index in [9.17, 15) is 0 Å². The van der Waals surface area contributed by atoms with E-state index in [-0.39, 0.29) is 0 Å². The predicted octanol–water partition coefficient (Wildman–Crippen LogP) is 3.46. The predicted molar refractivity (Wildman–Crippen MR) is 72.6 cm³/mol. The van der Waals surface area contributed by atoms with Crippen molar-refractivity contribution in [3.63, 3.8) is 0 Å². The second kappa shape index (κ2) is 5.50. The summed E-state index contributed by atoms with van der Waals surface area (Å²) in [5.74, 6) is 0.